The first-order chi connectivity index (χ1) is 9.81. The topological polar surface area (TPSA) is 18.5 Å². The van der Waals surface area contributed by atoms with E-state index in [1.807, 2.05) is 48.5 Å². The SMILES string of the molecule is BrCC(OCCOc1ccccc1)c1ccccc1Br. The van der Waals surface area contributed by atoms with E-state index in [-0.39, 0.29) is 6.10 Å². The molecular formula is C16H16Br2O2. The number of ether oxygens (including phenoxy) is 2. The highest BCUT2D eigenvalue weighted by atomic mass is 79.9. The van der Waals surface area contributed by atoms with Crippen molar-refractivity contribution >= 4 is 31.9 Å². The molecule has 4 heteroatoms. The van der Waals surface area contributed by atoms with Crippen molar-refractivity contribution in [3.8, 4) is 5.75 Å². The lowest BCUT2D eigenvalue weighted by atomic mass is 10.1. The van der Waals surface area contributed by atoms with Gasteiger partial charge < -0.3 is 9.47 Å². The number of rotatable bonds is 7. The highest BCUT2D eigenvalue weighted by Gasteiger charge is 2.13. The molecule has 1 atom stereocenters. The molecule has 1 unspecified atom stereocenters. The summed E-state index contributed by atoms with van der Waals surface area (Å²) in [4.78, 5) is 0. The zero-order valence-corrected chi connectivity index (χ0v) is 14.1. The predicted molar refractivity (Wildman–Crippen MR) is 88.6 cm³/mol. The normalized spacial score (nSPS) is 12.1. The van der Waals surface area contributed by atoms with Gasteiger partial charge in [0, 0.05) is 9.80 Å². The van der Waals surface area contributed by atoms with E-state index in [2.05, 4.69) is 37.9 Å². The van der Waals surface area contributed by atoms with E-state index in [0.29, 0.717) is 13.2 Å². The van der Waals surface area contributed by atoms with Crippen molar-refractivity contribution in [2.75, 3.05) is 18.5 Å². The van der Waals surface area contributed by atoms with Gasteiger partial charge in [-0.25, -0.2) is 0 Å². The molecule has 0 radical (unpaired) electrons. The smallest absolute Gasteiger partial charge is 0.119 e. The van der Waals surface area contributed by atoms with Crippen LogP contribution in [0.3, 0.4) is 0 Å². The van der Waals surface area contributed by atoms with E-state index in [1.165, 1.54) is 0 Å². The summed E-state index contributed by atoms with van der Waals surface area (Å²) in [6.07, 6.45) is 0.0185. The van der Waals surface area contributed by atoms with Crippen LogP contribution < -0.4 is 4.74 Å². The molecule has 106 valence electrons. The van der Waals surface area contributed by atoms with Crippen LogP contribution in [-0.2, 0) is 4.74 Å². The Hall–Kier alpha value is -0.840. The Labute approximate surface area is 136 Å². The van der Waals surface area contributed by atoms with Crippen LogP contribution in [0.5, 0.6) is 5.75 Å². The fourth-order valence-corrected chi connectivity index (χ4v) is 2.90. The van der Waals surface area contributed by atoms with Crippen molar-refractivity contribution in [2.24, 2.45) is 0 Å². The Morgan fingerprint density at radius 1 is 0.900 bits per heavy atom. The average molecular weight is 400 g/mol. The molecule has 0 heterocycles. The first-order valence-electron chi connectivity index (χ1n) is 6.41. The summed E-state index contributed by atoms with van der Waals surface area (Å²) in [5.74, 6) is 0.868. The second kappa shape index (κ2) is 8.45. The predicted octanol–water partition coefficient (Wildman–Crippen LogP) is 4.98. The minimum atomic E-state index is 0.0185. The lowest BCUT2D eigenvalue weighted by Gasteiger charge is -2.17. The quantitative estimate of drug-likeness (QED) is 0.482. The molecule has 0 N–H and O–H groups in total. The molecule has 2 aromatic rings. The maximum Gasteiger partial charge on any atom is 0.119 e. The second-order valence-corrected chi connectivity index (χ2v) is 5.70. The largest absolute Gasteiger partial charge is 0.491 e. The lowest BCUT2D eigenvalue weighted by molar-refractivity contribution is 0.0470. The number of hydrogen-bond acceptors (Lipinski definition) is 2. The molecular weight excluding hydrogens is 384 g/mol. The molecule has 0 aliphatic rings. The van der Waals surface area contributed by atoms with Crippen molar-refractivity contribution < 1.29 is 9.47 Å². The van der Waals surface area contributed by atoms with Gasteiger partial charge >= 0.3 is 0 Å². The summed E-state index contributed by atoms with van der Waals surface area (Å²) < 4.78 is 12.6. The molecule has 0 saturated heterocycles. The fraction of sp³-hybridized carbons (Fsp3) is 0.250. The summed E-state index contributed by atoms with van der Waals surface area (Å²) in [5, 5.41) is 0.751. The van der Waals surface area contributed by atoms with Gasteiger partial charge in [-0.15, -0.1) is 0 Å². The lowest BCUT2D eigenvalue weighted by Crippen LogP contribution is -2.12. The van der Waals surface area contributed by atoms with Gasteiger partial charge in [-0.3, -0.25) is 0 Å². The van der Waals surface area contributed by atoms with Gasteiger partial charge in [0.15, 0.2) is 0 Å². The fourth-order valence-electron chi connectivity index (χ4n) is 1.82. The first-order valence-corrected chi connectivity index (χ1v) is 8.32. The molecule has 0 amide bonds. The molecule has 0 spiro atoms. The minimum absolute atomic E-state index is 0.0185. The van der Waals surface area contributed by atoms with Gasteiger partial charge in [-0.1, -0.05) is 68.3 Å². The van der Waals surface area contributed by atoms with E-state index in [4.69, 9.17) is 9.47 Å². The molecule has 2 rings (SSSR count). The van der Waals surface area contributed by atoms with Gasteiger partial charge in [-0.05, 0) is 23.8 Å². The maximum atomic E-state index is 5.88. The van der Waals surface area contributed by atoms with Crippen LogP contribution in [0, 0.1) is 0 Å². The Kier molecular flexibility index (Phi) is 6.57. The molecule has 0 aliphatic heterocycles. The van der Waals surface area contributed by atoms with E-state index in [1.54, 1.807) is 0 Å². The third-order valence-corrected chi connectivity index (χ3v) is 4.12. The van der Waals surface area contributed by atoms with Crippen molar-refractivity contribution in [1.82, 2.24) is 0 Å². The van der Waals surface area contributed by atoms with Crippen molar-refractivity contribution in [2.45, 2.75) is 6.10 Å². The minimum Gasteiger partial charge on any atom is -0.491 e. The van der Waals surface area contributed by atoms with Gasteiger partial charge in [0.1, 0.15) is 12.4 Å². The first kappa shape index (κ1) is 15.5. The van der Waals surface area contributed by atoms with Crippen LogP contribution in [0.25, 0.3) is 0 Å². The Bertz CT molecular complexity index is 517. The van der Waals surface area contributed by atoms with Gasteiger partial charge in [-0.2, -0.15) is 0 Å². The average Bonchev–Trinajstić information content (AvgIpc) is 2.50. The third kappa shape index (κ3) is 4.62. The highest BCUT2D eigenvalue weighted by Crippen LogP contribution is 2.27. The molecule has 2 nitrogen and oxygen atoms in total. The molecule has 0 saturated carbocycles. The molecule has 0 aliphatic carbocycles. The third-order valence-electron chi connectivity index (χ3n) is 2.81. The standard InChI is InChI=1S/C16H16Br2O2/c17-12-16(14-8-4-5-9-15(14)18)20-11-10-19-13-6-2-1-3-7-13/h1-9,16H,10-12H2. The van der Waals surface area contributed by atoms with Gasteiger partial charge in [0.25, 0.3) is 0 Å². The van der Waals surface area contributed by atoms with Crippen molar-refractivity contribution in [3.05, 3.63) is 64.6 Å². The number of benzene rings is 2. The summed E-state index contributed by atoms with van der Waals surface area (Å²) in [6.45, 7) is 1.09. The summed E-state index contributed by atoms with van der Waals surface area (Å²) in [7, 11) is 0. The van der Waals surface area contributed by atoms with Crippen LogP contribution in [-0.4, -0.2) is 18.5 Å². The Balaban J connectivity index is 1.81. The molecule has 0 fully saturated rings. The zero-order chi connectivity index (χ0) is 14.2. The molecule has 2 aromatic carbocycles. The number of halogens is 2. The van der Waals surface area contributed by atoms with Gasteiger partial charge in [0.05, 0.1) is 12.7 Å². The van der Waals surface area contributed by atoms with E-state index >= 15 is 0 Å². The van der Waals surface area contributed by atoms with Crippen LogP contribution in [0.1, 0.15) is 11.7 Å². The Morgan fingerprint density at radius 3 is 2.30 bits per heavy atom. The maximum absolute atomic E-state index is 5.88. The molecule has 0 bridgehead atoms. The van der Waals surface area contributed by atoms with Crippen LogP contribution in [0.4, 0.5) is 0 Å². The van der Waals surface area contributed by atoms with Gasteiger partial charge in [0.2, 0.25) is 0 Å². The van der Waals surface area contributed by atoms with Crippen molar-refractivity contribution in [1.29, 1.82) is 0 Å². The molecule has 0 aromatic heterocycles. The zero-order valence-electron chi connectivity index (χ0n) is 11.0. The number of hydrogen-bond donors (Lipinski definition) is 0. The highest BCUT2D eigenvalue weighted by molar-refractivity contribution is 9.10. The Morgan fingerprint density at radius 2 is 1.60 bits per heavy atom. The number of para-hydroxylation sites is 1. The summed E-state index contributed by atoms with van der Waals surface area (Å²) in [5.41, 5.74) is 1.14. The van der Waals surface area contributed by atoms with Crippen molar-refractivity contribution in [3.63, 3.8) is 0 Å². The van der Waals surface area contributed by atoms with E-state index in [0.717, 1.165) is 21.1 Å². The second-order valence-electron chi connectivity index (χ2n) is 4.20. The van der Waals surface area contributed by atoms with Crippen LogP contribution in [0.15, 0.2) is 59.1 Å². The van der Waals surface area contributed by atoms with E-state index < -0.39 is 0 Å². The molecule has 20 heavy (non-hydrogen) atoms. The van der Waals surface area contributed by atoms with Crippen LogP contribution >= 0.6 is 31.9 Å². The summed E-state index contributed by atoms with van der Waals surface area (Å²) in [6, 6.07) is 17.9. The monoisotopic (exact) mass is 398 g/mol. The van der Waals surface area contributed by atoms with Crippen LogP contribution in [0.2, 0.25) is 0 Å². The summed E-state index contributed by atoms with van der Waals surface area (Å²) >= 11 is 7.05. The number of alkyl halides is 1. The van der Waals surface area contributed by atoms with E-state index in [9.17, 15) is 0 Å².